The average molecular weight is 1310 g/mol. The van der Waals surface area contributed by atoms with Gasteiger partial charge in [-0.2, -0.15) is 26.3 Å². The molecule has 6 aromatic rings. The molecule has 28 heteroatoms. The third kappa shape index (κ3) is 11.4. The summed E-state index contributed by atoms with van der Waals surface area (Å²) < 4.78 is 149. The number of alkyl halides is 6. The topological polar surface area (TPSA) is 206 Å². The summed E-state index contributed by atoms with van der Waals surface area (Å²) in [6.45, 7) is 11.1. The highest BCUT2D eigenvalue weighted by molar-refractivity contribution is 7.92. The van der Waals surface area contributed by atoms with Gasteiger partial charge in [0, 0.05) is 111 Å². The van der Waals surface area contributed by atoms with Gasteiger partial charge in [0.1, 0.15) is 20.9 Å². The van der Waals surface area contributed by atoms with Crippen LogP contribution in [0, 0.1) is 5.92 Å². The monoisotopic (exact) mass is 1300 g/mol. The lowest BCUT2D eigenvalue weighted by atomic mass is 10.0. The van der Waals surface area contributed by atoms with Crippen molar-refractivity contribution in [2.24, 2.45) is 5.92 Å². The van der Waals surface area contributed by atoms with Gasteiger partial charge in [-0.1, -0.05) is 0 Å². The van der Waals surface area contributed by atoms with Crippen molar-refractivity contribution >= 4 is 88.8 Å². The lowest BCUT2D eigenvalue weighted by molar-refractivity contribution is -0.138. The number of likely N-dealkylation sites (N-methyl/N-ethyl adjacent to an activating group) is 1. The lowest BCUT2D eigenvalue weighted by Gasteiger charge is -2.43. The van der Waals surface area contributed by atoms with Gasteiger partial charge in [-0.15, -0.1) is 22.7 Å². The molecule has 0 spiro atoms. The number of nitrogens with zero attached hydrogens (tertiary/aromatic N) is 9. The highest BCUT2D eigenvalue weighted by Gasteiger charge is 2.55. The maximum absolute atomic E-state index is 15.6. The van der Waals surface area contributed by atoms with Crippen LogP contribution < -0.4 is 25.8 Å². The smallest absolute Gasteiger partial charge is 0.368 e. The normalized spacial score (nSPS) is 26.4. The van der Waals surface area contributed by atoms with Crippen LogP contribution in [0.5, 0.6) is 0 Å². The highest BCUT2D eigenvalue weighted by atomic mass is 32.2. The van der Waals surface area contributed by atoms with E-state index >= 15 is 21.6 Å². The number of amides is 2. The van der Waals surface area contributed by atoms with Crippen molar-refractivity contribution in [1.82, 2.24) is 40.0 Å². The number of benzene rings is 2. The summed E-state index contributed by atoms with van der Waals surface area (Å²) in [6.07, 6.45) is -3.95. The molecule has 4 aromatic heterocycles. The van der Waals surface area contributed by atoms with Gasteiger partial charge in [-0.05, 0) is 157 Å². The first-order valence-electron chi connectivity index (χ1n) is 30.2. The SMILES string of the molecule is C[C@H]1CN(c2ccc(Nc3ncc(C(F)(F)F)c(-c4cc5c(s4)C(=O)N(C4CC4)CC(C4CC4c4cc(N6C[C@H](C)N(C)[C@@H](C)C6)ccc4Nc4ncc(C(F)(F)F)c(-c6cc7c(s6)C(=O)N(C6CC6)CCS7(=O)=O)n4)S5(=O)=O)n3)c(C3CC3)c2)C[C@H](C)N1. The predicted octanol–water partition coefficient (Wildman–Crippen LogP) is 10.8. The van der Waals surface area contributed by atoms with Crippen molar-refractivity contribution in [2.45, 2.75) is 148 Å². The molecule has 4 aliphatic heterocycles. The number of anilines is 6. The molecule has 89 heavy (non-hydrogen) atoms. The number of carbonyl (C=O) groups excluding carboxylic acids is 2. The van der Waals surface area contributed by atoms with Crippen LogP contribution in [0.4, 0.5) is 61.0 Å². The molecule has 472 valence electrons. The minimum atomic E-state index is -5.00. The summed E-state index contributed by atoms with van der Waals surface area (Å²) in [7, 11) is -6.56. The molecule has 4 aliphatic carbocycles. The molecule has 6 fully saturated rings. The maximum Gasteiger partial charge on any atom is 0.420 e. The fourth-order valence-corrected chi connectivity index (χ4v) is 20.1. The van der Waals surface area contributed by atoms with Crippen molar-refractivity contribution in [2.75, 3.05) is 72.5 Å². The Morgan fingerprint density at radius 3 is 1.65 bits per heavy atom. The fraction of sp³-hybridized carbons (Fsp3) is 0.508. The number of aromatic nitrogens is 4. The molecule has 3 N–H and O–H groups in total. The van der Waals surface area contributed by atoms with Gasteiger partial charge in [-0.25, -0.2) is 36.8 Å². The van der Waals surface area contributed by atoms with E-state index in [9.17, 15) is 31.2 Å². The van der Waals surface area contributed by atoms with E-state index in [4.69, 9.17) is 0 Å². The maximum atomic E-state index is 15.6. The number of nitrogens with one attached hydrogen (secondary N) is 3. The average Bonchev–Trinajstić information content (AvgIpc) is 1.59. The molecule has 3 unspecified atom stereocenters. The van der Waals surface area contributed by atoms with Crippen LogP contribution in [-0.2, 0) is 32.0 Å². The van der Waals surface area contributed by atoms with Gasteiger partial charge in [0.05, 0.1) is 41.9 Å². The van der Waals surface area contributed by atoms with E-state index < -0.39 is 83.4 Å². The molecule has 14 rings (SSSR count). The van der Waals surface area contributed by atoms with Crippen molar-refractivity contribution in [3.8, 4) is 21.1 Å². The Balaban J connectivity index is 0.811. The quantitative estimate of drug-likeness (QED) is 0.0920. The number of piperazine rings is 2. The lowest BCUT2D eigenvalue weighted by Crippen LogP contribution is -2.55. The van der Waals surface area contributed by atoms with E-state index in [0.717, 1.165) is 55.0 Å². The summed E-state index contributed by atoms with van der Waals surface area (Å²) in [6, 6.07) is 14.1. The number of hydrogen-bond acceptors (Lipinski definition) is 18. The first-order chi connectivity index (χ1) is 42.2. The van der Waals surface area contributed by atoms with Gasteiger partial charge in [-0.3, -0.25) is 14.5 Å². The zero-order valence-corrected chi connectivity index (χ0v) is 52.6. The standard InChI is InChI=1S/C61H66F6N12O6S4/c1-30-25-76(26-31(2)70-30)37-12-14-45(39(18-37)34-6-7-34)71-58-68-24-44(61(65,66)67)53(74-58)48-22-50-55(87-48)57(81)79(36-10-11-36)29-51(89(50,84)85)42-20-40(42)41-19-38(77-27-32(3)75(5)33(4)28-77)13-15-46(41)72-59-69-23-43(60(62,63)64)52(73-59)47-21-49-54(86-47)56(80)78(35-8-9-35)16-17-88(49,82)83/h12-15,18-19,21-24,30-36,40,42,51,70H,6-11,16-17,20,25-29H2,1-5H3,(H,68,71,74)(H,69,72,73)/t30-,31-,32-,33-,40?,42?,51?/m0/s1. The molecule has 2 saturated heterocycles. The van der Waals surface area contributed by atoms with Crippen molar-refractivity contribution in [1.29, 1.82) is 0 Å². The number of rotatable bonds is 13. The Kier molecular flexibility index (Phi) is 14.8. The van der Waals surface area contributed by atoms with Gasteiger partial charge < -0.3 is 35.6 Å². The first-order valence-corrected chi connectivity index (χ1v) is 35.1. The van der Waals surface area contributed by atoms with E-state index in [2.05, 4.69) is 84.3 Å². The minimum absolute atomic E-state index is 0.0307. The second-order valence-electron chi connectivity index (χ2n) is 25.6. The number of fused-ring (bicyclic) bond motifs is 2. The Bertz CT molecular complexity index is 4070. The Morgan fingerprint density at radius 1 is 0.618 bits per heavy atom. The third-order valence-electron chi connectivity index (χ3n) is 18.9. The molecule has 18 nitrogen and oxygen atoms in total. The van der Waals surface area contributed by atoms with Crippen LogP contribution in [0.15, 0.2) is 70.7 Å². The Labute approximate surface area is 519 Å². The number of carbonyl (C=O) groups is 2. The molecule has 0 bridgehead atoms. The molecular weight excluding hydrogens is 1240 g/mol. The van der Waals surface area contributed by atoms with Gasteiger partial charge >= 0.3 is 12.4 Å². The predicted molar refractivity (Wildman–Crippen MR) is 327 cm³/mol. The van der Waals surface area contributed by atoms with Crippen molar-refractivity contribution < 1.29 is 52.8 Å². The molecule has 7 atom stereocenters. The first kappa shape index (κ1) is 60.1. The Morgan fingerprint density at radius 2 is 1.11 bits per heavy atom. The van der Waals surface area contributed by atoms with Crippen molar-refractivity contribution in [3.05, 3.63) is 92.9 Å². The molecule has 4 saturated carbocycles. The fourth-order valence-electron chi connectivity index (χ4n) is 13.6. The summed E-state index contributed by atoms with van der Waals surface area (Å²) in [5.74, 6) is -2.95. The second kappa shape index (κ2) is 21.9. The molecule has 8 heterocycles. The summed E-state index contributed by atoms with van der Waals surface area (Å²) in [5.41, 5.74) is 0.708. The second-order valence-corrected chi connectivity index (χ2v) is 31.9. The number of hydrogen-bond donors (Lipinski definition) is 3. The summed E-state index contributed by atoms with van der Waals surface area (Å²) in [4.78, 5) is 54.1. The molecule has 2 amide bonds. The van der Waals surface area contributed by atoms with Crippen LogP contribution in [0.1, 0.15) is 126 Å². The van der Waals surface area contributed by atoms with Gasteiger partial charge in [0.25, 0.3) is 11.8 Å². The van der Waals surface area contributed by atoms with E-state index in [1.54, 1.807) is 11.0 Å². The van der Waals surface area contributed by atoms with Gasteiger partial charge in [0.15, 0.2) is 19.7 Å². The zero-order chi connectivity index (χ0) is 62.5. The Hall–Kier alpha value is -6.46. The van der Waals surface area contributed by atoms with Gasteiger partial charge in [0.2, 0.25) is 11.9 Å². The third-order valence-corrected chi connectivity index (χ3v) is 25.4. The van der Waals surface area contributed by atoms with E-state index in [1.807, 2.05) is 31.3 Å². The number of halogens is 6. The molecule has 0 radical (unpaired) electrons. The zero-order valence-electron chi connectivity index (χ0n) is 49.3. The highest BCUT2D eigenvalue weighted by Crippen LogP contribution is 2.57. The minimum Gasteiger partial charge on any atom is -0.368 e. The van der Waals surface area contributed by atoms with E-state index in [1.165, 1.54) is 4.90 Å². The van der Waals surface area contributed by atoms with Crippen LogP contribution in [0.3, 0.4) is 0 Å². The number of sulfone groups is 2. The van der Waals surface area contributed by atoms with E-state index in [0.29, 0.717) is 90.8 Å². The molecule has 2 aromatic carbocycles. The molecular formula is C61H66F6N12O6S4. The largest absolute Gasteiger partial charge is 0.420 e. The van der Waals surface area contributed by atoms with Crippen molar-refractivity contribution in [3.63, 3.8) is 0 Å². The van der Waals surface area contributed by atoms with E-state index in [-0.39, 0.29) is 109 Å². The molecule has 8 aliphatic rings. The number of thiophene rings is 2. The van der Waals surface area contributed by atoms with Crippen LogP contribution >= 0.6 is 22.7 Å². The van der Waals surface area contributed by atoms with Crippen LogP contribution in [0.25, 0.3) is 21.1 Å². The summed E-state index contributed by atoms with van der Waals surface area (Å²) >= 11 is 1.29. The summed E-state index contributed by atoms with van der Waals surface area (Å²) in [5, 5.41) is 8.65. The van der Waals surface area contributed by atoms with Crippen LogP contribution in [0.2, 0.25) is 0 Å². The van der Waals surface area contributed by atoms with Crippen LogP contribution in [-0.4, -0.2) is 157 Å².